The summed E-state index contributed by atoms with van der Waals surface area (Å²) >= 11 is 1.48. The fourth-order valence-corrected chi connectivity index (χ4v) is 3.98. The lowest BCUT2D eigenvalue weighted by molar-refractivity contribution is 0.414. The Morgan fingerprint density at radius 3 is 2.56 bits per heavy atom. The molecule has 2 heterocycles. The summed E-state index contributed by atoms with van der Waals surface area (Å²) in [7, 11) is 3.27. The molecule has 0 bridgehead atoms. The molecule has 4 aromatic rings. The number of nitrogens with zero attached hydrogens (tertiary/aromatic N) is 1. The number of benzene rings is 2. The number of ether oxygens (including phenoxy) is 2. The van der Waals surface area contributed by atoms with Crippen molar-refractivity contribution < 1.29 is 9.47 Å². The van der Waals surface area contributed by atoms with Crippen molar-refractivity contribution in [3.05, 3.63) is 75.7 Å². The van der Waals surface area contributed by atoms with Gasteiger partial charge in [-0.25, -0.2) is 4.98 Å². The summed E-state index contributed by atoms with van der Waals surface area (Å²) < 4.78 is 10.5. The molecule has 0 aliphatic heterocycles. The molecule has 0 aliphatic rings. The number of thiophene rings is 1. The number of fused-ring (bicyclic) bond motifs is 1. The summed E-state index contributed by atoms with van der Waals surface area (Å²) in [5.74, 6) is 2.21. The smallest absolute Gasteiger partial charge is 0.260 e. The van der Waals surface area contributed by atoms with Crippen molar-refractivity contribution in [1.29, 1.82) is 0 Å². The first-order valence-electron chi connectivity index (χ1n) is 8.45. The molecule has 0 atom stereocenters. The summed E-state index contributed by atoms with van der Waals surface area (Å²) in [6, 6.07) is 15.4. The Labute approximate surface area is 160 Å². The van der Waals surface area contributed by atoms with Crippen LogP contribution in [0.3, 0.4) is 0 Å². The first-order valence-corrected chi connectivity index (χ1v) is 9.33. The molecule has 0 saturated heterocycles. The second-order valence-corrected chi connectivity index (χ2v) is 6.96. The van der Waals surface area contributed by atoms with Gasteiger partial charge < -0.3 is 14.5 Å². The third-order valence-electron chi connectivity index (χ3n) is 4.40. The number of H-pyrrole nitrogens is 1. The maximum absolute atomic E-state index is 12.8. The van der Waals surface area contributed by atoms with E-state index in [1.807, 2.05) is 53.9 Å². The van der Waals surface area contributed by atoms with E-state index in [1.165, 1.54) is 11.3 Å². The average Bonchev–Trinajstić information content (AvgIpc) is 3.13. The van der Waals surface area contributed by atoms with Crippen LogP contribution in [0.2, 0.25) is 0 Å². The molecule has 27 heavy (non-hydrogen) atoms. The van der Waals surface area contributed by atoms with Crippen LogP contribution in [0.1, 0.15) is 11.4 Å². The first kappa shape index (κ1) is 17.3. The number of aromatic nitrogens is 2. The van der Waals surface area contributed by atoms with Crippen molar-refractivity contribution in [2.75, 3.05) is 14.2 Å². The predicted molar refractivity (Wildman–Crippen MR) is 108 cm³/mol. The average molecular weight is 378 g/mol. The Kier molecular flexibility index (Phi) is 4.64. The Morgan fingerprint density at radius 1 is 1.04 bits per heavy atom. The number of rotatable bonds is 5. The maximum Gasteiger partial charge on any atom is 0.260 e. The van der Waals surface area contributed by atoms with Crippen LogP contribution in [0.4, 0.5) is 0 Å². The minimum absolute atomic E-state index is 0.123. The molecule has 136 valence electrons. The van der Waals surface area contributed by atoms with E-state index in [1.54, 1.807) is 14.2 Å². The van der Waals surface area contributed by atoms with Gasteiger partial charge in [0.2, 0.25) is 0 Å². The van der Waals surface area contributed by atoms with Crippen molar-refractivity contribution >= 4 is 21.6 Å². The van der Waals surface area contributed by atoms with Gasteiger partial charge in [-0.1, -0.05) is 24.3 Å². The van der Waals surface area contributed by atoms with Gasteiger partial charge in [-0.15, -0.1) is 11.3 Å². The van der Waals surface area contributed by atoms with Crippen LogP contribution in [0.25, 0.3) is 21.3 Å². The summed E-state index contributed by atoms with van der Waals surface area (Å²) in [4.78, 5) is 21.1. The zero-order valence-electron chi connectivity index (χ0n) is 15.0. The van der Waals surface area contributed by atoms with E-state index in [2.05, 4.69) is 9.97 Å². The predicted octanol–water partition coefficient (Wildman–Crippen LogP) is 4.26. The van der Waals surface area contributed by atoms with Crippen molar-refractivity contribution in [3.63, 3.8) is 0 Å². The van der Waals surface area contributed by atoms with Crippen LogP contribution in [-0.2, 0) is 6.42 Å². The van der Waals surface area contributed by atoms with Crippen molar-refractivity contribution in [1.82, 2.24) is 9.97 Å². The third kappa shape index (κ3) is 3.44. The molecular formula is C21H18N2O3S. The molecule has 0 saturated carbocycles. The highest BCUT2D eigenvalue weighted by Gasteiger charge is 2.13. The fraction of sp³-hybridized carbons (Fsp3) is 0.143. The van der Waals surface area contributed by atoms with Crippen LogP contribution in [0.5, 0.6) is 11.5 Å². The molecular weight excluding hydrogens is 360 g/mol. The van der Waals surface area contributed by atoms with Gasteiger partial charge in [0.05, 0.1) is 19.6 Å². The highest BCUT2D eigenvalue weighted by atomic mass is 32.1. The molecule has 6 heteroatoms. The van der Waals surface area contributed by atoms with E-state index in [9.17, 15) is 4.79 Å². The van der Waals surface area contributed by atoms with Gasteiger partial charge in [0, 0.05) is 17.4 Å². The van der Waals surface area contributed by atoms with Crippen LogP contribution >= 0.6 is 11.3 Å². The van der Waals surface area contributed by atoms with E-state index in [4.69, 9.17) is 9.47 Å². The Hall–Kier alpha value is -3.12. The van der Waals surface area contributed by atoms with E-state index in [0.29, 0.717) is 17.6 Å². The van der Waals surface area contributed by atoms with Gasteiger partial charge >= 0.3 is 0 Å². The SMILES string of the molecule is COc1ccc(Cc2nc3scc(-c4cccc(OC)c4)c3c(=O)[nH]2)cc1. The summed E-state index contributed by atoms with van der Waals surface area (Å²) in [5, 5.41) is 2.59. The van der Waals surface area contributed by atoms with Crippen molar-refractivity contribution in [2.45, 2.75) is 6.42 Å². The third-order valence-corrected chi connectivity index (χ3v) is 5.28. The summed E-state index contributed by atoms with van der Waals surface area (Å²) in [6.45, 7) is 0. The fourth-order valence-electron chi connectivity index (χ4n) is 3.02. The molecule has 2 aromatic carbocycles. The van der Waals surface area contributed by atoms with E-state index < -0.39 is 0 Å². The number of hydrogen-bond donors (Lipinski definition) is 1. The Bertz CT molecular complexity index is 1150. The van der Waals surface area contributed by atoms with Crippen LogP contribution < -0.4 is 15.0 Å². The van der Waals surface area contributed by atoms with Crippen LogP contribution in [0, 0.1) is 0 Å². The lowest BCUT2D eigenvalue weighted by atomic mass is 10.1. The molecule has 4 rings (SSSR count). The molecule has 2 aromatic heterocycles. The maximum atomic E-state index is 12.8. The Morgan fingerprint density at radius 2 is 1.81 bits per heavy atom. The highest BCUT2D eigenvalue weighted by molar-refractivity contribution is 7.17. The monoisotopic (exact) mass is 378 g/mol. The Balaban J connectivity index is 1.71. The standard InChI is InChI=1S/C21H18N2O3S/c1-25-15-8-6-13(7-9-15)10-18-22-20(24)19-17(12-27-21(19)23-18)14-4-3-5-16(11-14)26-2/h3-9,11-12H,10H2,1-2H3,(H,22,23,24). The second-order valence-electron chi connectivity index (χ2n) is 6.10. The summed E-state index contributed by atoms with van der Waals surface area (Å²) in [6.07, 6.45) is 0.557. The molecule has 0 aliphatic carbocycles. The highest BCUT2D eigenvalue weighted by Crippen LogP contribution is 2.32. The molecule has 1 N–H and O–H groups in total. The van der Waals surface area contributed by atoms with Gasteiger partial charge in [0.15, 0.2) is 0 Å². The van der Waals surface area contributed by atoms with E-state index in [-0.39, 0.29) is 5.56 Å². The largest absolute Gasteiger partial charge is 0.497 e. The second kappa shape index (κ2) is 7.25. The molecule has 0 radical (unpaired) electrons. The lowest BCUT2D eigenvalue weighted by Gasteiger charge is -2.05. The van der Waals surface area contributed by atoms with Gasteiger partial charge in [-0.2, -0.15) is 0 Å². The number of hydrogen-bond acceptors (Lipinski definition) is 5. The number of nitrogens with one attached hydrogen (secondary N) is 1. The van der Waals surface area contributed by atoms with Crippen LogP contribution in [-0.4, -0.2) is 24.2 Å². The lowest BCUT2D eigenvalue weighted by Crippen LogP contribution is -2.11. The van der Waals surface area contributed by atoms with Crippen LogP contribution in [0.15, 0.2) is 58.7 Å². The molecule has 0 fully saturated rings. The van der Waals surface area contributed by atoms with E-state index in [0.717, 1.165) is 33.0 Å². The minimum atomic E-state index is -0.123. The van der Waals surface area contributed by atoms with Gasteiger partial charge in [0.1, 0.15) is 22.2 Å². The van der Waals surface area contributed by atoms with E-state index >= 15 is 0 Å². The zero-order chi connectivity index (χ0) is 18.8. The van der Waals surface area contributed by atoms with Gasteiger partial charge in [-0.3, -0.25) is 4.79 Å². The topological polar surface area (TPSA) is 64.2 Å². The number of aromatic amines is 1. The summed E-state index contributed by atoms with van der Waals surface area (Å²) in [5.41, 5.74) is 2.75. The molecule has 5 nitrogen and oxygen atoms in total. The minimum Gasteiger partial charge on any atom is -0.497 e. The van der Waals surface area contributed by atoms with Crippen molar-refractivity contribution in [2.24, 2.45) is 0 Å². The molecule has 0 amide bonds. The first-order chi connectivity index (χ1) is 13.2. The normalized spacial score (nSPS) is 10.9. The quantitative estimate of drug-likeness (QED) is 0.564. The zero-order valence-corrected chi connectivity index (χ0v) is 15.8. The van der Waals surface area contributed by atoms with Crippen molar-refractivity contribution in [3.8, 4) is 22.6 Å². The molecule has 0 spiro atoms. The molecule has 0 unspecified atom stereocenters. The van der Waals surface area contributed by atoms with Gasteiger partial charge in [0.25, 0.3) is 5.56 Å². The number of methoxy groups -OCH3 is 2. The van der Waals surface area contributed by atoms with Gasteiger partial charge in [-0.05, 0) is 35.4 Å².